The lowest BCUT2D eigenvalue weighted by atomic mass is 10.0. The zero-order valence-corrected chi connectivity index (χ0v) is 11.5. The van der Waals surface area contributed by atoms with Crippen LogP contribution >= 0.6 is 0 Å². The van der Waals surface area contributed by atoms with Crippen molar-refractivity contribution in [3.63, 3.8) is 0 Å². The Bertz CT molecular complexity index is 441. The van der Waals surface area contributed by atoms with E-state index in [0.29, 0.717) is 0 Å². The Morgan fingerprint density at radius 3 is 1.82 bits per heavy atom. The molecule has 0 heterocycles. The zero-order chi connectivity index (χ0) is 17.4. The maximum absolute atomic E-state index is 13.8. The van der Waals surface area contributed by atoms with E-state index in [9.17, 15) is 26.7 Å². The maximum Gasteiger partial charge on any atom is 0.459 e. The Balaban J connectivity index is 5.79. The molecule has 0 aliphatic heterocycles. The monoisotopic (exact) mass is 328 g/mol. The molecule has 0 atom stereocenters. The summed E-state index contributed by atoms with van der Waals surface area (Å²) in [4.78, 5) is 11.4. The largest absolute Gasteiger partial charge is 0.466 e. The fraction of sp³-hybridized carbons (Fsp3) is 0.615. The highest BCUT2D eigenvalue weighted by molar-refractivity contribution is 5.70. The Kier molecular flexibility index (Phi) is 7.30. The van der Waals surface area contributed by atoms with E-state index < -0.39 is 43.5 Å². The Morgan fingerprint density at radius 1 is 1.05 bits per heavy atom. The van der Waals surface area contributed by atoms with Crippen molar-refractivity contribution in [3.05, 3.63) is 0 Å². The number of hydrogen-bond donors (Lipinski definition) is 0. The second-order valence-corrected chi connectivity index (χ2v) is 3.79. The molecule has 0 bridgehead atoms. The van der Waals surface area contributed by atoms with Crippen LogP contribution in [0.25, 0.3) is 0 Å². The minimum absolute atomic E-state index is 0.239. The van der Waals surface area contributed by atoms with E-state index in [1.807, 2.05) is 0 Å². The predicted octanol–water partition coefficient (Wildman–Crippen LogP) is 2.13. The lowest BCUT2D eigenvalue weighted by molar-refractivity contribution is -0.410. The minimum atomic E-state index is -6.07. The third-order valence-electron chi connectivity index (χ3n) is 2.29. The number of terminal acetylenes is 2. The summed E-state index contributed by atoms with van der Waals surface area (Å²) in [6.45, 7) is -0.825. The molecule has 0 saturated heterocycles. The highest BCUT2D eigenvalue weighted by Gasteiger charge is 2.73. The first kappa shape index (κ1) is 20.2. The highest BCUT2D eigenvalue weighted by Crippen LogP contribution is 2.47. The van der Waals surface area contributed by atoms with Crippen LogP contribution in [-0.2, 0) is 19.0 Å². The van der Waals surface area contributed by atoms with E-state index in [2.05, 4.69) is 14.2 Å². The molecule has 0 N–H and O–H groups in total. The number of halogens is 5. The van der Waals surface area contributed by atoms with Crippen molar-refractivity contribution >= 4 is 5.97 Å². The summed E-state index contributed by atoms with van der Waals surface area (Å²) >= 11 is 0. The van der Waals surface area contributed by atoms with Gasteiger partial charge in [-0.05, 0) is 6.92 Å². The first-order valence-corrected chi connectivity index (χ1v) is 5.83. The summed E-state index contributed by atoms with van der Waals surface area (Å²) in [6.07, 6.45) is 1.97. The van der Waals surface area contributed by atoms with Crippen LogP contribution in [0.1, 0.15) is 13.3 Å². The standard InChI is InChI=1S/C13H13F5O4/c1-4-7-21-11(22-8-5-2,9-10(19)20-6-3)12(14,15)13(16,17)18/h1-2H,6-9H2,3H3. The van der Waals surface area contributed by atoms with Gasteiger partial charge in [0.1, 0.15) is 19.6 Å². The fourth-order valence-corrected chi connectivity index (χ4v) is 1.37. The lowest BCUT2D eigenvalue weighted by Crippen LogP contribution is -2.61. The molecule has 0 saturated carbocycles. The lowest BCUT2D eigenvalue weighted by Gasteiger charge is -2.38. The van der Waals surface area contributed by atoms with Crippen molar-refractivity contribution in [2.45, 2.75) is 31.2 Å². The molecule has 0 amide bonds. The number of ether oxygens (including phenoxy) is 3. The average Bonchev–Trinajstić information content (AvgIpc) is 2.40. The first-order chi connectivity index (χ1) is 10.1. The molecule has 0 spiro atoms. The van der Waals surface area contributed by atoms with Gasteiger partial charge in [0.2, 0.25) is 0 Å². The van der Waals surface area contributed by atoms with Gasteiger partial charge in [0.05, 0.1) is 6.61 Å². The summed E-state index contributed by atoms with van der Waals surface area (Å²) in [5.41, 5.74) is 0. The topological polar surface area (TPSA) is 44.8 Å². The number of hydrogen-bond acceptors (Lipinski definition) is 4. The molecule has 124 valence electrons. The summed E-state index contributed by atoms with van der Waals surface area (Å²) in [5.74, 6) is -7.21. The Labute approximate surface area is 123 Å². The molecule has 9 heteroatoms. The van der Waals surface area contributed by atoms with Crippen molar-refractivity contribution in [2.75, 3.05) is 19.8 Å². The smallest absolute Gasteiger partial charge is 0.459 e. The first-order valence-electron chi connectivity index (χ1n) is 5.83. The van der Waals surface area contributed by atoms with Gasteiger partial charge in [0.15, 0.2) is 0 Å². The normalized spacial score (nSPS) is 12.4. The van der Waals surface area contributed by atoms with Crippen molar-refractivity contribution in [1.82, 2.24) is 0 Å². The summed E-state index contributed by atoms with van der Waals surface area (Å²) in [6, 6.07) is 0. The zero-order valence-electron chi connectivity index (χ0n) is 11.5. The molecular formula is C13H13F5O4. The quantitative estimate of drug-likeness (QED) is 0.296. The Morgan fingerprint density at radius 2 is 1.50 bits per heavy atom. The van der Waals surface area contributed by atoms with Gasteiger partial charge in [-0.1, -0.05) is 11.8 Å². The summed E-state index contributed by atoms with van der Waals surface area (Å²) < 4.78 is 78.6. The van der Waals surface area contributed by atoms with Crippen LogP contribution in [0.5, 0.6) is 0 Å². The van der Waals surface area contributed by atoms with Crippen molar-refractivity contribution < 1.29 is 41.0 Å². The van der Waals surface area contributed by atoms with E-state index in [-0.39, 0.29) is 6.61 Å². The van der Waals surface area contributed by atoms with Crippen LogP contribution in [0, 0.1) is 24.7 Å². The molecular weight excluding hydrogens is 315 g/mol. The van der Waals surface area contributed by atoms with Crippen molar-refractivity contribution in [3.8, 4) is 24.7 Å². The maximum atomic E-state index is 13.8. The third kappa shape index (κ3) is 4.58. The molecule has 0 aromatic heterocycles. The molecule has 0 unspecified atom stereocenters. The van der Waals surface area contributed by atoms with Crippen molar-refractivity contribution in [2.24, 2.45) is 0 Å². The van der Waals surface area contributed by atoms with Crippen LogP contribution < -0.4 is 0 Å². The molecule has 0 aromatic carbocycles. The van der Waals surface area contributed by atoms with E-state index >= 15 is 0 Å². The molecule has 0 rings (SSSR count). The van der Waals surface area contributed by atoms with Crippen LogP contribution in [0.15, 0.2) is 0 Å². The van der Waals surface area contributed by atoms with Crippen LogP contribution in [-0.4, -0.2) is 43.7 Å². The molecule has 0 aliphatic carbocycles. The minimum Gasteiger partial charge on any atom is -0.466 e. The number of carbonyl (C=O) groups excluding carboxylic acids is 1. The van der Waals surface area contributed by atoms with Crippen LogP contribution in [0.2, 0.25) is 0 Å². The van der Waals surface area contributed by atoms with Gasteiger partial charge in [0.25, 0.3) is 5.79 Å². The van der Waals surface area contributed by atoms with E-state index in [0.717, 1.165) is 0 Å². The second-order valence-electron chi connectivity index (χ2n) is 3.79. The molecule has 0 radical (unpaired) electrons. The fourth-order valence-electron chi connectivity index (χ4n) is 1.37. The van der Waals surface area contributed by atoms with E-state index in [1.54, 1.807) is 11.8 Å². The molecule has 0 aliphatic rings. The van der Waals surface area contributed by atoms with Gasteiger partial charge in [-0.15, -0.1) is 12.8 Å². The summed E-state index contributed by atoms with van der Waals surface area (Å²) in [5, 5.41) is 0. The van der Waals surface area contributed by atoms with Gasteiger partial charge in [-0.25, -0.2) is 0 Å². The van der Waals surface area contributed by atoms with E-state index in [1.165, 1.54) is 6.92 Å². The van der Waals surface area contributed by atoms with Crippen LogP contribution in [0.4, 0.5) is 22.0 Å². The summed E-state index contributed by atoms with van der Waals surface area (Å²) in [7, 11) is 0. The van der Waals surface area contributed by atoms with Crippen LogP contribution in [0.3, 0.4) is 0 Å². The highest BCUT2D eigenvalue weighted by atomic mass is 19.4. The second kappa shape index (κ2) is 7.97. The molecule has 22 heavy (non-hydrogen) atoms. The Hall–Kier alpha value is -1.84. The molecule has 0 fully saturated rings. The molecule has 0 aromatic rings. The third-order valence-corrected chi connectivity index (χ3v) is 2.29. The SMILES string of the molecule is C#CCOC(CC(=O)OCC)(OCC#C)C(F)(F)C(F)(F)F. The number of esters is 1. The van der Waals surface area contributed by atoms with Gasteiger partial charge in [-0.3, -0.25) is 4.79 Å². The van der Waals surface area contributed by atoms with Crippen molar-refractivity contribution in [1.29, 1.82) is 0 Å². The number of alkyl halides is 5. The van der Waals surface area contributed by atoms with Gasteiger partial charge < -0.3 is 14.2 Å². The number of carbonyl (C=O) groups is 1. The van der Waals surface area contributed by atoms with Gasteiger partial charge in [0, 0.05) is 0 Å². The average molecular weight is 328 g/mol. The van der Waals surface area contributed by atoms with Gasteiger partial charge >= 0.3 is 18.1 Å². The van der Waals surface area contributed by atoms with E-state index in [4.69, 9.17) is 12.8 Å². The predicted molar refractivity (Wildman–Crippen MR) is 64.6 cm³/mol. The molecule has 4 nitrogen and oxygen atoms in total. The number of rotatable bonds is 8. The van der Waals surface area contributed by atoms with Gasteiger partial charge in [-0.2, -0.15) is 22.0 Å².